The van der Waals surface area contributed by atoms with E-state index in [1.54, 1.807) is 6.07 Å². The number of ether oxygens (including phenoxy) is 1. The Kier molecular flexibility index (Phi) is 4.66. The standard InChI is InChI=1S/C15H22N2O2/c1-17(12-6-2-3-7-12)15(18)10-11-19-14-9-5-4-8-13(14)16/h4-5,8-9,12H,2-3,6-7,10-11,16H2,1H3. The highest BCUT2D eigenvalue weighted by Gasteiger charge is 2.22. The lowest BCUT2D eigenvalue weighted by atomic mass is 10.2. The minimum Gasteiger partial charge on any atom is -0.491 e. The van der Waals surface area contributed by atoms with Gasteiger partial charge in [0.25, 0.3) is 0 Å². The summed E-state index contributed by atoms with van der Waals surface area (Å²) in [4.78, 5) is 13.9. The van der Waals surface area contributed by atoms with Gasteiger partial charge in [0.1, 0.15) is 5.75 Å². The molecule has 0 atom stereocenters. The van der Waals surface area contributed by atoms with Crippen molar-refractivity contribution in [3.8, 4) is 5.75 Å². The molecule has 0 heterocycles. The zero-order chi connectivity index (χ0) is 13.7. The van der Waals surface area contributed by atoms with E-state index in [9.17, 15) is 4.79 Å². The Morgan fingerprint density at radius 1 is 1.37 bits per heavy atom. The number of hydrogen-bond donors (Lipinski definition) is 1. The van der Waals surface area contributed by atoms with Gasteiger partial charge in [-0.3, -0.25) is 4.79 Å². The third-order valence-electron chi connectivity index (χ3n) is 3.76. The molecular weight excluding hydrogens is 240 g/mol. The van der Waals surface area contributed by atoms with Crippen molar-refractivity contribution in [1.82, 2.24) is 4.90 Å². The van der Waals surface area contributed by atoms with Crippen LogP contribution in [0, 0.1) is 0 Å². The van der Waals surface area contributed by atoms with Crippen molar-refractivity contribution in [1.29, 1.82) is 0 Å². The summed E-state index contributed by atoms with van der Waals surface area (Å²) >= 11 is 0. The predicted molar refractivity (Wildman–Crippen MR) is 76.0 cm³/mol. The van der Waals surface area contributed by atoms with E-state index >= 15 is 0 Å². The number of amides is 1. The molecule has 4 heteroatoms. The number of hydrogen-bond acceptors (Lipinski definition) is 3. The molecule has 1 saturated carbocycles. The van der Waals surface area contributed by atoms with Crippen LogP contribution < -0.4 is 10.5 Å². The molecule has 4 nitrogen and oxygen atoms in total. The fourth-order valence-corrected chi connectivity index (χ4v) is 2.53. The third-order valence-corrected chi connectivity index (χ3v) is 3.76. The first-order chi connectivity index (χ1) is 9.18. The Morgan fingerprint density at radius 3 is 2.74 bits per heavy atom. The molecule has 0 saturated heterocycles. The maximum atomic E-state index is 12.0. The van der Waals surface area contributed by atoms with Crippen molar-refractivity contribution >= 4 is 11.6 Å². The van der Waals surface area contributed by atoms with Gasteiger partial charge in [0.05, 0.1) is 18.7 Å². The van der Waals surface area contributed by atoms with Crippen LogP contribution in [0.3, 0.4) is 0 Å². The quantitative estimate of drug-likeness (QED) is 0.829. The Labute approximate surface area is 114 Å². The maximum absolute atomic E-state index is 12.0. The summed E-state index contributed by atoms with van der Waals surface area (Å²) in [6.45, 7) is 0.379. The van der Waals surface area contributed by atoms with Crippen molar-refractivity contribution in [2.75, 3.05) is 19.4 Å². The van der Waals surface area contributed by atoms with Crippen LogP contribution >= 0.6 is 0 Å². The zero-order valence-corrected chi connectivity index (χ0v) is 11.5. The molecule has 2 rings (SSSR count). The van der Waals surface area contributed by atoms with E-state index in [0.717, 1.165) is 12.8 Å². The van der Waals surface area contributed by atoms with E-state index in [-0.39, 0.29) is 5.91 Å². The molecule has 0 spiro atoms. The second-order valence-electron chi connectivity index (χ2n) is 5.08. The van der Waals surface area contributed by atoms with Crippen LogP contribution in [-0.4, -0.2) is 30.5 Å². The number of anilines is 1. The minimum absolute atomic E-state index is 0.154. The summed E-state index contributed by atoms with van der Waals surface area (Å²) in [5.74, 6) is 0.806. The van der Waals surface area contributed by atoms with E-state index in [4.69, 9.17) is 10.5 Å². The second kappa shape index (κ2) is 6.45. The molecule has 0 aliphatic heterocycles. The summed E-state index contributed by atoms with van der Waals surface area (Å²) in [5.41, 5.74) is 6.39. The Hall–Kier alpha value is -1.71. The van der Waals surface area contributed by atoms with E-state index in [0.29, 0.717) is 30.5 Å². The van der Waals surface area contributed by atoms with Crippen LogP contribution in [0.1, 0.15) is 32.1 Å². The Balaban J connectivity index is 1.76. The number of carbonyl (C=O) groups excluding carboxylic acids is 1. The molecule has 1 aliphatic carbocycles. The topological polar surface area (TPSA) is 55.6 Å². The number of para-hydroxylation sites is 2. The van der Waals surface area contributed by atoms with Crippen LogP contribution in [0.15, 0.2) is 24.3 Å². The summed E-state index contributed by atoms with van der Waals surface area (Å²) in [7, 11) is 1.90. The van der Waals surface area contributed by atoms with Crippen LogP contribution in [0.25, 0.3) is 0 Å². The molecule has 0 radical (unpaired) electrons. The monoisotopic (exact) mass is 262 g/mol. The number of carbonyl (C=O) groups is 1. The SMILES string of the molecule is CN(C(=O)CCOc1ccccc1N)C1CCCC1. The van der Waals surface area contributed by atoms with E-state index in [1.165, 1.54) is 12.8 Å². The number of nitrogens with two attached hydrogens (primary N) is 1. The fraction of sp³-hybridized carbons (Fsp3) is 0.533. The predicted octanol–water partition coefficient (Wildman–Crippen LogP) is 2.44. The van der Waals surface area contributed by atoms with Crippen LogP contribution in [0.2, 0.25) is 0 Å². The number of nitrogens with zero attached hydrogens (tertiary/aromatic N) is 1. The lowest BCUT2D eigenvalue weighted by Crippen LogP contribution is -2.35. The van der Waals surface area contributed by atoms with Gasteiger partial charge in [-0.15, -0.1) is 0 Å². The average molecular weight is 262 g/mol. The average Bonchev–Trinajstić information content (AvgIpc) is 2.94. The maximum Gasteiger partial charge on any atom is 0.225 e. The molecule has 1 aromatic carbocycles. The highest BCUT2D eigenvalue weighted by molar-refractivity contribution is 5.76. The summed E-state index contributed by atoms with van der Waals surface area (Å²) < 4.78 is 5.55. The van der Waals surface area contributed by atoms with E-state index < -0.39 is 0 Å². The molecule has 2 N–H and O–H groups in total. The second-order valence-corrected chi connectivity index (χ2v) is 5.08. The van der Waals surface area contributed by atoms with E-state index in [2.05, 4.69) is 0 Å². The first-order valence-electron chi connectivity index (χ1n) is 6.91. The lowest BCUT2D eigenvalue weighted by Gasteiger charge is -2.24. The minimum atomic E-state index is 0.154. The summed E-state index contributed by atoms with van der Waals surface area (Å²) in [6, 6.07) is 7.77. The van der Waals surface area contributed by atoms with Crippen LogP contribution in [0.4, 0.5) is 5.69 Å². The Morgan fingerprint density at radius 2 is 2.05 bits per heavy atom. The van der Waals surface area contributed by atoms with E-state index in [1.807, 2.05) is 30.1 Å². The van der Waals surface area contributed by atoms with Gasteiger partial charge < -0.3 is 15.4 Å². The summed E-state index contributed by atoms with van der Waals surface area (Å²) in [6.07, 6.45) is 5.14. The number of nitrogen functional groups attached to an aromatic ring is 1. The molecule has 1 amide bonds. The molecule has 0 bridgehead atoms. The van der Waals surface area contributed by atoms with Gasteiger partial charge in [0, 0.05) is 13.1 Å². The molecule has 0 unspecified atom stereocenters. The van der Waals surface area contributed by atoms with Gasteiger partial charge in [-0.2, -0.15) is 0 Å². The van der Waals surface area contributed by atoms with Gasteiger partial charge in [-0.25, -0.2) is 0 Å². The molecule has 1 aliphatic rings. The molecule has 1 aromatic rings. The Bertz CT molecular complexity index is 428. The van der Waals surface area contributed by atoms with Crippen molar-refractivity contribution < 1.29 is 9.53 Å². The van der Waals surface area contributed by atoms with Crippen LogP contribution in [0.5, 0.6) is 5.75 Å². The summed E-state index contributed by atoms with van der Waals surface area (Å²) in [5, 5.41) is 0. The van der Waals surface area contributed by atoms with Gasteiger partial charge in [-0.1, -0.05) is 25.0 Å². The largest absolute Gasteiger partial charge is 0.491 e. The third kappa shape index (κ3) is 3.63. The van der Waals surface area contributed by atoms with Crippen molar-refractivity contribution in [2.45, 2.75) is 38.1 Å². The number of rotatable bonds is 5. The van der Waals surface area contributed by atoms with Gasteiger partial charge in [-0.05, 0) is 25.0 Å². The number of benzene rings is 1. The fourth-order valence-electron chi connectivity index (χ4n) is 2.53. The smallest absolute Gasteiger partial charge is 0.225 e. The van der Waals surface area contributed by atoms with Crippen molar-refractivity contribution in [2.24, 2.45) is 0 Å². The van der Waals surface area contributed by atoms with Crippen molar-refractivity contribution in [3.63, 3.8) is 0 Å². The van der Waals surface area contributed by atoms with Crippen LogP contribution in [-0.2, 0) is 4.79 Å². The highest BCUT2D eigenvalue weighted by Crippen LogP contribution is 2.23. The molecule has 104 valence electrons. The highest BCUT2D eigenvalue weighted by atomic mass is 16.5. The zero-order valence-electron chi connectivity index (χ0n) is 11.5. The molecule has 0 aromatic heterocycles. The molecule has 19 heavy (non-hydrogen) atoms. The molecular formula is C15H22N2O2. The van der Waals surface area contributed by atoms with Crippen molar-refractivity contribution in [3.05, 3.63) is 24.3 Å². The van der Waals surface area contributed by atoms with Gasteiger partial charge in [0.15, 0.2) is 0 Å². The molecule has 1 fully saturated rings. The van der Waals surface area contributed by atoms with Gasteiger partial charge >= 0.3 is 0 Å². The van der Waals surface area contributed by atoms with Gasteiger partial charge in [0.2, 0.25) is 5.91 Å². The first kappa shape index (κ1) is 13.7. The normalized spacial score (nSPS) is 15.4. The lowest BCUT2D eigenvalue weighted by molar-refractivity contribution is -0.132. The first-order valence-corrected chi connectivity index (χ1v) is 6.91.